The van der Waals surface area contributed by atoms with Gasteiger partial charge in [-0.05, 0) is 49.4 Å². The number of aryl methyl sites for hydroxylation is 1. The van der Waals surface area contributed by atoms with Crippen molar-refractivity contribution in [2.75, 3.05) is 0 Å². The van der Waals surface area contributed by atoms with E-state index in [1.165, 1.54) is 36.4 Å². The second-order valence-electron chi connectivity index (χ2n) is 8.11. The summed E-state index contributed by atoms with van der Waals surface area (Å²) < 4.78 is 35.9. The number of rotatable bonds is 4. The summed E-state index contributed by atoms with van der Waals surface area (Å²) in [4.78, 5) is 43.3. The topological polar surface area (TPSA) is 87.1 Å². The maximum absolute atomic E-state index is 14.8. The summed E-state index contributed by atoms with van der Waals surface area (Å²) in [6.45, 7) is 1.85. The first-order valence-corrected chi connectivity index (χ1v) is 11.3. The Kier molecular flexibility index (Phi) is 6.14. The summed E-state index contributed by atoms with van der Waals surface area (Å²) >= 11 is 5.82. The lowest BCUT2D eigenvalue weighted by molar-refractivity contribution is 0.0947. The highest BCUT2D eigenvalue weighted by molar-refractivity contribution is 6.30. The smallest absolute Gasteiger partial charge is 0.344 e. The number of nitrogens with zero attached hydrogens (tertiary/aromatic N) is 3. The van der Waals surface area contributed by atoms with Crippen LogP contribution in [0.15, 0.2) is 93.0 Å². The Hall–Kier alpha value is -4.63. The first kappa shape index (κ1) is 24.1. The van der Waals surface area contributed by atoms with Crippen molar-refractivity contribution in [2.24, 2.45) is 0 Å². The van der Waals surface area contributed by atoms with E-state index in [-0.39, 0.29) is 38.2 Å². The van der Waals surface area contributed by atoms with Gasteiger partial charge in [-0.25, -0.2) is 13.8 Å². The van der Waals surface area contributed by atoms with E-state index in [1.807, 2.05) is 13.0 Å². The summed E-state index contributed by atoms with van der Waals surface area (Å²) in [7, 11) is 0. The van der Waals surface area contributed by atoms with E-state index in [9.17, 15) is 23.2 Å². The molecule has 0 spiro atoms. The molecule has 37 heavy (non-hydrogen) atoms. The Morgan fingerprint density at radius 3 is 2.38 bits per heavy atom. The molecule has 0 bridgehead atoms. The van der Waals surface area contributed by atoms with E-state index in [4.69, 9.17) is 16.0 Å². The van der Waals surface area contributed by atoms with Gasteiger partial charge in [-0.2, -0.15) is 13.9 Å². The minimum atomic E-state index is -1.42. The lowest BCUT2D eigenvalue weighted by Gasteiger charge is -2.09. The average molecular weight is 520 g/mol. The zero-order valence-corrected chi connectivity index (χ0v) is 19.9. The van der Waals surface area contributed by atoms with Crippen LogP contribution in [0, 0.1) is 18.6 Å². The number of carbonyl (C=O) groups excluding carboxylic acids is 1. The number of hydrogen-bond acceptors (Lipinski definition) is 5. The van der Waals surface area contributed by atoms with Crippen molar-refractivity contribution in [3.8, 4) is 28.6 Å². The monoisotopic (exact) mass is 519 g/mol. The van der Waals surface area contributed by atoms with Gasteiger partial charge in [-0.1, -0.05) is 47.5 Å². The van der Waals surface area contributed by atoms with Gasteiger partial charge in [0.1, 0.15) is 5.82 Å². The predicted molar refractivity (Wildman–Crippen MR) is 133 cm³/mol. The summed E-state index contributed by atoms with van der Waals surface area (Å²) in [5.74, 6) is -3.48. The number of carbonyl (C=O) groups is 1. The second kappa shape index (κ2) is 9.44. The molecule has 0 atom stereocenters. The van der Waals surface area contributed by atoms with Crippen LogP contribution in [0.5, 0.6) is 0 Å². The third-order valence-corrected chi connectivity index (χ3v) is 5.86. The van der Waals surface area contributed by atoms with Crippen molar-refractivity contribution in [1.82, 2.24) is 14.1 Å². The molecule has 5 rings (SSSR count). The first-order valence-electron chi connectivity index (χ1n) is 10.9. The van der Waals surface area contributed by atoms with Crippen LogP contribution < -0.4 is 11.2 Å². The maximum Gasteiger partial charge on any atom is 0.344 e. The number of aromatic nitrogens is 3. The first-order chi connectivity index (χ1) is 17.7. The molecule has 0 fully saturated rings. The van der Waals surface area contributed by atoms with Gasteiger partial charge in [0.2, 0.25) is 11.7 Å². The van der Waals surface area contributed by atoms with Crippen LogP contribution in [0.25, 0.3) is 28.6 Å². The minimum Gasteiger partial charge on any atom is -0.434 e. The fraction of sp³-hybridized carbons (Fsp3) is 0.0370. The van der Waals surface area contributed by atoms with Gasteiger partial charge < -0.3 is 4.42 Å². The zero-order valence-electron chi connectivity index (χ0n) is 19.1. The molecule has 0 radical (unpaired) electrons. The van der Waals surface area contributed by atoms with E-state index in [0.29, 0.717) is 16.3 Å². The fourth-order valence-electron chi connectivity index (χ4n) is 3.77. The molecule has 0 saturated carbocycles. The van der Waals surface area contributed by atoms with E-state index in [1.54, 1.807) is 24.3 Å². The Balaban J connectivity index is 1.78. The minimum absolute atomic E-state index is 0.000511. The molecule has 0 aliphatic heterocycles. The molecule has 0 N–H and O–H groups in total. The Labute approximate surface area is 212 Å². The molecule has 7 nitrogen and oxygen atoms in total. The van der Waals surface area contributed by atoms with Gasteiger partial charge in [0.25, 0.3) is 11.5 Å². The summed E-state index contributed by atoms with van der Waals surface area (Å²) in [5, 5.41) is -0.144. The summed E-state index contributed by atoms with van der Waals surface area (Å²) in [6.07, 6.45) is 0.618. The zero-order chi connectivity index (χ0) is 26.3. The normalized spacial score (nSPS) is 11.0. The van der Waals surface area contributed by atoms with E-state index in [0.717, 1.165) is 11.6 Å². The number of oxazole rings is 1. The van der Waals surface area contributed by atoms with Crippen molar-refractivity contribution in [3.63, 3.8) is 0 Å². The number of halogens is 3. The van der Waals surface area contributed by atoms with Crippen LogP contribution in [-0.4, -0.2) is 20.0 Å². The summed E-state index contributed by atoms with van der Waals surface area (Å²) in [5.41, 5.74) is -1.04. The molecule has 0 aliphatic carbocycles. The fourth-order valence-corrected chi connectivity index (χ4v) is 3.89. The van der Waals surface area contributed by atoms with Crippen molar-refractivity contribution < 1.29 is 18.0 Å². The molecule has 0 saturated heterocycles. The third-order valence-electron chi connectivity index (χ3n) is 5.56. The van der Waals surface area contributed by atoms with Crippen LogP contribution in [0.1, 0.15) is 15.9 Å². The van der Waals surface area contributed by atoms with Crippen LogP contribution >= 0.6 is 11.6 Å². The molecule has 2 aromatic heterocycles. The van der Waals surface area contributed by atoms with Crippen molar-refractivity contribution in [1.29, 1.82) is 0 Å². The molecule has 2 heterocycles. The van der Waals surface area contributed by atoms with E-state index in [2.05, 4.69) is 4.98 Å². The molecule has 0 unspecified atom stereocenters. The van der Waals surface area contributed by atoms with Crippen LogP contribution in [0.3, 0.4) is 0 Å². The largest absolute Gasteiger partial charge is 0.434 e. The van der Waals surface area contributed by atoms with Gasteiger partial charge in [0.05, 0.1) is 11.2 Å². The lowest BCUT2D eigenvalue weighted by Crippen LogP contribution is -2.44. The quantitative estimate of drug-likeness (QED) is 0.324. The molecule has 0 amide bonds. The van der Waals surface area contributed by atoms with Gasteiger partial charge in [-0.3, -0.25) is 9.59 Å². The highest BCUT2D eigenvalue weighted by Crippen LogP contribution is 2.33. The number of benzene rings is 3. The standard InChI is InChI=1S/C27H16ClF2N3O4/c1-15-6-5-9-18(12-15)24-31-23(22(37-24)17-10-11-19(28)20(29)13-17)32-14-21(30)26(35)33(27(32)36)25(34)16-7-3-2-4-8-16/h2-14H,1H3. The van der Waals surface area contributed by atoms with Gasteiger partial charge in [-0.15, -0.1) is 0 Å². The summed E-state index contributed by atoms with van der Waals surface area (Å²) in [6, 6.07) is 18.4. The van der Waals surface area contributed by atoms with E-state index < -0.39 is 28.8 Å². The van der Waals surface area contributed by atoms with E-state index >= 15 is 0 Å². The van der Waals surface area contributed by atoms with Crippen LogP contribution in [-0.2, 0) is 0 Å². The molecular formula is C27H16ClF2N3O4. The molecule has 3 aromatic carbocycles. The Bertz CT molecular complexity index is 1790. The number of hydrogen-bond donors (Lipinski definition) is 0. The van der Waals surface area contributed by atoms with Crippen molar-refractivity contribution in [2.45, 2.75) is 6.92 Å². The third kappa shape index (κ3) is 4.41. The molecule has 10 heteroatoms. The Morgan fingerprint density at radius 1 is 0.919 bits per heavy atom. The Morgan fingerprint density at radius 2 is 1.68 bits per heavy atom. The van der Waals surface area contributed by atoms with Gasteiger partial charge >= 0.3 is 5.69 Å². The average Bonchev–Trinajstić information content (AvgIpc) is 3.34. The van der Waals surface area contributed by atoms with Crippen LogP contribution in [0.2, 0.25) is 5.02 Å². The highest BCUT2D eigenvalue weighted by Gasteiger charge is 2.25. The lowest BCUT2D eigenvalue weighted by atomic mass is 10.1. The van der Waals surface area contributed by atoms with Gasteiger partial charge in [0.15, 0.2) is 11.6 Å². The molecule has 184 valence electrons. The highest BCUT2D eigenvalue weighted by atomic mass is 35.5. The van der Waals surface area contributed by atoms with Crippen molar-refractivity contribution in [3.05, 3.63) is 128 Å². The molecule has 0 aliphatic rings. The van der Waals surface area contributed by atoms with Crippen molar-refractivity contribution >= 4 is 17.5 Å². The van der Waals surface area contributed by atoms with Gasteiger partial charge in [0, 0.05) is 16.7 Å². The molecule has 5 aromatic rings. The SMILES string of the molecule is Cc1cccc(-c2nc(-n3cc(F)c(=O)n(C(=O)c4ccccc4)c3=O)c(-c3ccc(Cl)c(F)c3)o2)c1. The predicted octanol–water partition coefficient (Wildman–Crippen LogP) is 5.25. The maximum atomic E-state index is 14.8. The second-order valence-corrected chi connectivity index (χ2v) is 8.52. The van der Waals surface area contributed by atoms with Crippen LogP contribution in [0.4, 0.5) is 8.78 Å². The molecular weight excluding hydrogens is 504 g/mol.